The first-order valence-electron chi connectivity index (χ1n) is 10.5. The van der Waals surface area contributed by atoms with E-state index in [1.165, 1.54) is 0 Å². The quantitative estimate of drug-likeness (QED) is 0.673. The van der Waals surface area contributed by atoms with Crippen LogP contribution in [0.25, 0.3) is 0 Å². The highest BCUT2D eigenvalue weighted by molar-refractivity contribution is 6.31. The van der Waals surface area contributed by atoms with E-state index in [-0.39, 0.29) is 24.5 Å². The molecule has 2 aromatic carbocycles. The van der Waals surface area contributed by atoms with Crippen molar-refractivity contribution < 1.29 is 14.3 Å². The van der Waals surface area contributed by atoms with E-state index in [1.807, 2.05) is 37.3 Å². The average molecular weight is 429 g/mol. The SMILES string of the molecule is Cc1cc(OCC(=O)N(Cc2ccccc2)[C@H](C)C(=O)NC2CCCC2)ccc1Cl. The molecule has 0 bridgehead atoms. The van der Waals surface area contributed by atoms with Gasteiger partial charge in [-0.2, -0.15) is 0 Å². The lowest BCUT2D eigenvalue weighted by Gasteiger charge is -2.29. The van der Waals surface area contributed by atoms with Crippen LogP contribution in [0.5, 0.6) is 5.75 Å². The van der Waals surface area contributed by atoms with Gasteiger partial charge in [-0.05, 0) is 56.0 Å². The largest absolute Gasteiger partial charge is 0.484 e. The van der Waals surface area contributed by atoms with E-state index in [2.05, 4.69) is 5.32 Å². The standard InChI is InChI=1S/C24H29ClN2O3/c1-17-14-21(12-13-22(17)25)30-16-23(28)27(15-19-8-4-3-5-9-19)18(2)24(29)26-20-10-6-7-11-20/h3-5,8-9,12-14,18,20H,6-7,10-11,15-16H2,1-2H3,(H,26,29)/t18-/m1/s1. The first-order chi connectivity index (χ1) is 14.4. The molecule has 2 amide bonds. The fraction of sp³-hybridized carbons (Fsp3) is 0.417. The third-order valence-corrected chi connectivity index (χ3v) is 5.98. The summed E-state index contributed by atoms with van der Waals surface area (Å²) in [6.45, 7) is 3.86. The van der Waals surface area contributed by atoms with Crippen molar-refractivity contribution in [1.29, 1.82) is 0 Å². The highest BCUT2D eigenvalue weighted by Gasteiger charge is 2.28. The molecule has 30 heavy (non-hydrogen) atoms. The lowest BCUT2D eigenvalue weighted by atomic mass is 10.1. The number of amides is 2. The molecule has 1 aliphatic carbocycles. The van der Waals surface area contributed by atoms with Gasteiger partial charge in [0.15, 0.2) is 6.61 Å². The minimum atomic E-state index is -0.589. The Morgan fingerprint density at radius 3 is 2.53 bits per heavy atom. The summed E-state index contributed by atoms with van der Waals surface area (Å²) < 4.78 is 5.70. The van der Waals surface area contributed by atoms with Gasteiger partial charge in [-0.1, -0.05) is 54.8 Å². The Bertz CT molecular complexity index is 866. The van der Waals surface area contributed by atoms with Crippen molar-refractivity contribution in [1.82, 2.24) is 10.2 Å². The van der Waals surface area contributed by atoms with Crippen LogP contribution >= 0.6 is 11.6 Å². The van der Waals surface area contributed by atoms with Gasteiger partial charge >= 0.3 is 0 Å². The maximum Gasteiger partial charge on any atom is 0.261 e. The average Bonchev–Trinajstić information content (AvgIpc) is 3.26. The molecule has 6 heteroatoms. The predicted octanol–water partition coefficient (Wildman–Crippen LogP) is 4.50. The topological polar surface area (TPSA) is 58.6 Å². The molecule has 2 aromatic rings. The molecule has 0 heterocycles. The van der Waals surface area contributed by atoms with Gasteiger partial charge in [-0.15, -0.1) is 0 Å². The highest BCUT2D eigenvalue weighted by Crippen LogP contribution is 2.22. The first kappa shape index (κ1) is 22.2. The van der Waals surface area contributed by atoms with E-state index >= 15 is 0 Å². The molecule has 1 aliphatic rings. The van der Waals surface area contributed by atoms with Crippen LogP contribution in [0.2, 0.25) is 5.02 Å². The van der Waals surface area contributed by atoms with Crippen molar-refractivity contribution in [2.75, 3.05) is 6.61 Å². The van der Waals surface area contributed by atoms with Gasteiger partial charge in [0, 0.05) is 17.6 Å². The number of ether oxygens (including phenoxy) is 1. The van der Waals surface area contributed by atoms with Gasteiger partial charge in [0.2, 0.25) is 5.91 Å². The van der Waals surface area contributed by atoms with Crippen molar-refractivity contribution in [2.45, 2.75) is 58.2 Å². The molecule has 0 radical (unpaired) electrons. The van der Waals surface area contributed by atoms with Crippen LogP contribution in [0.3, 0.4) is 0 Å². The third kappa shape index (κ3) is 5.99. The van der Waals surface area contributed by atoms with Crippen LogP contribution in [0.1, 0.15) is 43.7 Å². The molecule has 1 saturated carbocycles. The number of carbonyl (C=O) groups excluding carboxylic acids is 2. The van der Waals surface area contributed by atoms with E-state index in [9.17, 15) is 9.59 Å². The van der Waals surface area contributed by atoms with Crippen LogP contribution < -0.4 is 10.1 Å². The zero-order chi connectivity index (χ0) is 21.5. The second kappa shape index (κ2) is 10.5. The lowest BCUT2D eigenvalue weighted by molar-refractivity contribution is -0.142. The number of nitrogens with zero attached hydrogens (tertiary/aromatic N) is 1. The number of rotatable bonds is 8. The minimum Gasteiger partial charge on any atom is -0.484 e. The van der Waals surface area contributed by atoms with Crippen LogP contribution in [0, 0.1) is 6.92 Å². The molecular weight excluding hydrogens is 400 g/mol. The van der Waals surface area contributed by atoms with Crippen molar-refractivity contribution in [3.8, 4) is 5.75 Å². The second-order valence-corrected chi connectivity index (χ2v) is 8.28. The molecule has 0 spiro atoms. The van der Waals surface area contributed by atoms with Crippen molar-refractivity contribution in [3.63, 3.8) is 0 Å². The number of aryl methyl sites for hydroxylation is 1. The Morgan fingerprint density at radius 2 is 1.87 bits per heavy atom. The maximum atomic E-state index is 13.1. The fourth-order valence-electron chi connectivity index (χ4n) is 3.69. The number of benzene rings is 2. The van der Waals surface area contributed by atoms with Gasteiger partial charge in [0.25, 0.3) is 5.91 Å². The minimum absolute atomic E-state index is 0.117. The molecule has 3 rings (SSSR count). The van der Waals surface area contributed by atoms with Crippen molar-refractivity contribution >= 4 is 23.4 Å². The van der Waals surface area contributed by atoms with E-state index < -0.39 is 6.04 Å². The van der Waals surface area contributed by atoms with Crippen molar-refractivity contribution in [2.24, 2.45) is 0 Å². The molecule has 0 aromatic heterocycles. The molecule has 1 N–H and O–H groups in total. The number of carbonyl (C=O) groups is 2. The van der Waals surface area contributed by atoms with E-state index in [1.54, 1.807) is 30.0 Å². The molecule has 0 unspecified atom stereocenters. The normalized spacial score (nSPS) is 14.9. The summed E-state index contributed by atoms with van der Waals surface area (Å²) in [5.74, 6) is 0.224. The van der Waals surface area contributed by atoms with E-state index in [4.69, 9.17) is 16.3 Å². The number of hydrogen-bond acceptors (Lipinski definition) is 3. The van der Waals surface area contributed by atoms with Crippen molar-refractivity contribution in [3.05, 3.63) is 64.7 Å². The Balaban J connectivity index is 1.69. The maximum absolute atomic E-state index is 13.1. The zero-order valence-electron chi connectivity index (χ0n) is 17.6. The molecule has 5 nitrogen and oxygen atoms in total. The Labute approximate surface area is 183 Å². The summed E-state index contributed by atoms with van der Waals surface area (Å²) in [5, 5.41) is 3.75. The van der Waals surface area contributed by atoms with Gasteiger partial charge in [0.1, 0.15) is 11.8 Å². The summed E-state index contributed by atoms with van der Waals surface area (Å²) in [5.41, 5.74) is 1.85. The smallest absolute Gasteiger partial charge is 0.261 e. The van der Waals surface area contributed by atoms with Crippen LogP contribution in [0.4, 0.5) is 0 Å². The highest BCUT2D eigenvalue weighted by atomic mass is 35.5. The molecule has 0 saturated heterocycles. The Morgan fingerprint density at radius 1 is 1.17 bits per heavy atom. The summed E-state index contributed by atoms with van der Waals surface area (Å²) in [6.07, 6.45) is 4.29. The molecule has 160 valence electrons. The monoisotopic (exact) mass is 428 g/mol. The first-order valence-corrected chi connectivity index (χ1v) is 10.8. The number of nitrogens with one attached hydrogen (secondary N) is 1. The Hall–Kier alpha value is -2.53. The number of hydrogen-bond donors (Lipinski definition) is 1. The van der Waals surface area contributed by atoms with Crippen LogP contribution in [-0.4, -0.2) is 35.4 Å². The van der Waals surface area contributed by atoms with Crippen LogP contribution in [0.15, 0.2) is 48.5 Å². The summed E-state index contributed by atoms with van der Waals surface area (Å²) >= 11 is 6.06. The summed E-state index contributed by atoms with van der Waals surface area (Å²) in [6, 6.07) is 14.6. The second-order valence-electron chi connectivity index (χ2n) is 7.87. The van der Waals surface area contributed by atoms with E-state index in [0.29, 0.717) is 17.3 Å². The molecule has 0 aliphatic heterocycles. The summed E-state index contributed by atoms with van der Waals surface area (Å²) in [4.78, 5) is 27.5. The third-order valence-electron chi connectivity index (χ3n) is 5.56. The lowest BCUT2D eigenvalue weighted by Crippen LogP contribution is -2.50. The van der Waals surface area contributed by atoms with E-state index in [0.717, 1.165) is 36.8 Å². The summed E-state index contributed by atoms with van der Waals surface area (Å²) in [7, 11) is 0. The number of halogens is 1. The molecule has 1 fully saturated rings. The van der Waals surface area contributed by atoms with Gasteiger partial charge in [0.05, 0.1) is 0 Å². The molecular formula is C24H29ClN2O3. The Kier molecular flexibility index (Phi) is 7.75. The van der Waals surface area contributed by atoms with Gasteiger partial charge < -0.3 is 15.0 Å². The fourth-order valence-corrected chi connectivity index (χ4v) is 3.81. The molecule has 1 atom stereocenters. The van der Waals surface area contributed by atoms with Gasteiger partial charge in [-0.25, -0.2) is 0 Å². The van der Waals surface area contributed by atoms with Gasteiger partial charge in [-0.3, -0.25) is 9.59 Å². The predicted molar refractivity (Wildman–Crippen MR) is 119 cm³/mol. The zero-order valence-corrected chi connectivity index (χ0v) is 18.3. The van der Waals surface area contributed by atoms with Crippen LogP contribution in [-0.2, 0) is 16.1 Å².